The lowest BCUT2D eigenvalue weighted by Crippen LogP contribution is -2.27. The van der Waals surface area contributed by atoms with Crippen LogP contribution in [0.15, 0.2) is 28.0 Å². The summed E-state index contributed by atoms with van der Waals surface area (Å²) in [4.78, 5) is -0.798. The van der Waals surface area contributed by atoms with Crippen LogP contribution in [-0.2, 0) is 19.9 Å². The Morgan fingerprint density at radius 1 is 1.30 bits per heavy atom. The zero-order valence-electron chi connectivity index (χ0n) is 10.9. The van der Waals surface area contributed by atoms with E-state index in [1.807, 2.05) is 6.92 Å². The van der Waals surface area contributed by atoms with Crippen molar-refractivity contribution in [1.29, 1.82) is 0 Å². The van der Waals surface area contributed by atoms with Crippen LogP contribution in [0, 0.1) is 5.82 Å². The Bertz CT molecular complexity index is 686. The number of hydrogen-bond acceptors (Lipinski definition) is 4. The average molecular weight is 388 g/mol. The predicted octanol–water partition coefficient (Wildman–Crippen LogP) is 1.68. The molecule has 0 heterocycles. The first-order valence-corrected chi connectivity index (χ1v) is 9.96. The number of benzene rings is 1. The molecule has 1 rings (SSSR count). The molecule has 0 radical (unpaired) electrons. The monoisotopic (exact) mass is 387 g/mol. The van der Waals surface area contributed by atoms with E-state index in [0.717, 1.165) is 24.5 Å². The lowest BCUT2D eigenvalue weighted by Gasteiger charge is -2.09. The van der Waals surface area contributed by atoms with E-state index in [1.54, 1.807) is 0 Å². The lowest BCUT2D eigenvalue weighted by molar-refractivity contribution is 0.554. The van der Waals surface area contributed by atoms with E-state index >= 15 is 0 Å². The number of hydrogen-bond donors (Lipinski definition) is 1. The van der Waals surface area contributed by atoms with Gasteiger partial charge in [-0.1, -0.05) is 22.9 Å². The fourth-order valence-corrected chi connectivity index (χ4v) is 3.49. The zero-order chi connectivity index (χ0) is 15.6. The normalized spacial score (nSPS) is 14.2. The molecule has 0 saturated carbocycles. The van der Waals surface area contributed by atoms with Gasteiger partial charge in [-0.2, -0.15) is 0 Å². The van der Waals surface area contributed by atoms with Crippen molar-refractivity contribution in [2.75, 3.05) is 12.8 Å². The molecule has 20 heavy (non-hydrogen) atoms. The molecular formula is C11H15BrFNO4S2. The van der Waals surface area contributed by atoms with Gasteiger partial charge in [0.15, 0.2) is 9.84 Å². The van der Waals surface area contributed by atoms with E-state index in [0.29, 0.717) is 6.42 Å². The van der Waals surface area contributed by atoms with Crippen LogP contribution in [0.25, 0.3) is 0 Å². The molecule has 0 aromatic heterocycles. The molecule has 9 heteroatoms. The Morgan fingerprint density at radius 3 is 2.40 bits per heavy atom. The molecule has 1 atom stereocenters. The van der Waals surface area contributed by atoms with Gasteiger partial charge < -0.3 is 0 Å². The molecule has 0 aliphatic rings. The summed E-state index contributed by atoms with van der Waals surface area (Å²) in [6.45, 7) is 1.97. The van der Waals surface area contributed by atoms with Crippen molar-refractivity contribution < 1.29 is 21.2 Å². The van der Waals surface area contributed by atoms with Gasteiger partial charge in [-0.15, -0.1) is 0 Å². The van der Waals surface area contributed by atoms with Crippen LogP contribution in [0.3, 0.4) is 0 Å². The van der Waals surface area contributed by atoms with Crippen LogP contribution < -0.4 is 4.72 Å². The minimum Gasteiger partial charge on any atom is -0.224 e. The van der Waals surface area contributed by atoms with Crippen molar-refractivity contribution in [3.63, 3.8) is 0 Å². The summed E-state index contributed by atoms with van der Waals surface area (Å²) in [5.41, 5.74) is 0. The molecule has 0 amide bonds. The van der Waals surface area contributed by atoms with Crippen LogP contribution >= 0.6 is 15.9 Å². The van der Waals surface area contributed by atoms with Crippen LogP contribution in [-0.4, -0.2) is 34.5 Å². The first-order valence-electron chi connectivity index (χ1n) is 5.67. The highest BCUT2D eigenvalue weighted by atomic mass is 79.9. The standard InChI is InChI=1S/C11H15BrFNO4S2/c1-8(12)5-6-14-20(17,18)11-7-9(19(2,15)16)3-4-10(11)13/h3-4,7-8,14H,5-6H2,1-2H3. The Balaban J connectivity index is 3.12. The van der Waals surface area contributed by atoms with Crippen LogP contribution in [0.2, 0.25) is 0 Å². The molecule has 1 aromatic carbocycles. The van der Waals surface area contributed by atoms with Gasteiger partial charge in [-0.05, 0) is 24.6 Å². The molecule has 1 unspecified atom stereocenters. The molecule has 0 bridgehead atoms. The van der Waals surface area contributed by atoms with Gasteiger partial charge in [0.25, 0.3) is 0 Å². The van der Waals surface area contributed by atoms with Gasteiger partial charge in [0.2, 0.25) is 10.0 Å². The maximum absolute atomic E-state index is 13.6. The van der Waals surface area contributed by atoms with Crippen molar-refractivity contribution in [2.24, 2.45) is 0 Å². The lowest BCUT2D eigenvalue weighted by atomic mass is 10.3. The Hall–Kier alpha value is -0.510. The summed E-state index contributed by atoms with van der Waals surface area (Å²) in [5, 5.41) is 0. The van der Waals surface area contributed by atoms with Crippen molar-refractivity contribution in [2.45, 2.75) is 28.0 Å². The van der Waals surface area contributed by atoms with E-state index in [-0.39, 0.29) is 16.3 Å². The third kappa shape index (κ3) is 4.80. The first-order chi connectivity index (χ1) is 9.04. The summed E-state index contributed by atoms with van der Waals surface area (Å²) in [5.74, 6) is -0.989. The molecule has 0 saturated heterocycles. The van der Waals surface area contributed by atoms with E-state index < -0.39 is 30.6 Å². The van der Waals surface area contributed by atoms with Crippen molar-refractivity contribution in [1.82, 2.24) is 4.72 Å². The van der Waals surface area contributed by atoms with Gasteiger partial charge in [0.05, 0.1) is 4.90 Å². The third-order valence-electron chi connectivity index (χ3n) is 2.45. The minimum absolute atomic E-state index is 0.109. The van der Waals surface area contributed by atoms with E-state index in [9.17, 15) is 21.2 Å². The van der Waals surface area contributed by atoms with Gasteiger partial charge in [-0.25, -0.2) is 25.9 Å². The molecule has 1 N–H and O–H groups in total. The van der Waals surface area contributed by atoms with Gasteiger partial charge in [0, 0.05) is 17.6 Å². The minimum atomic E-state index is -4.08. The van der Waals surface area contributed by atoms with Crippen molar-refractivity contribution in [3.05, 3.63) is 24.0 Å². The van der Waals surface area contributed by atoms with Crippen LogP contribution in [0.1, 0.15) is 13.3 Å². The second kappa shape index (κ2) is 6.50. The molecule has 0 fully saturated rings. The number of rotatable bonds is 6. The Kier molecular flexibility index (Phi) is 5.70. The molecule has 1 aromatic rings. The number of nitrogens with one attached hydrogen (secondary N) is 1. The van der Waals surface area contributed by atoms with Crippen LogP contribution in [0.4, 0.5) is 4.39 Å². The quantitative estimate of drug-likeness (QED) is 0.594. The summed E-state index contributed by atoms with van der Waals surface area (Å²) >= 11 is 3.26. The number of halogens is 2. The number of alkyl halides is 1. The van der Waals surface area contributed by atoms with E-state index in [4.69, 9.17) is 0 Å². The topological polar surface area (TPSA) is 80.3 Å². The highest BCUT2D eigenvalue weighted by molar-refractivity contribution is 9.09. The molecule has 0 aliphatic heterocycles. The molecular weight excluding hydrogens is 373 g/mol. The molecule has 0 spiro atoms. The molecule has 0 aliphatic carbocycles. The second-order valence-corrected chi connectivity index (χ2v) is 9.65. The van der Waals surface area contributed by atoms with Gasteiger partial charge in [-0.3, -0.25) is 0 Å². The van der Waals surface area contributed by atoms with E-state index in [1.165, 1.54) is 0 Å². The largest absolute Gasteiger partial charge is 0.243 e. The number of sulfone groups is 1. The summed E-state index contributed by atoms with van der Waals surface area (Å²) in [6.07, 6.45) is 1.45. The highest BCUT2D eigenvalue weighted by Gasteiger charge is 2.21. The maximum atomic E-state index is 13.6. The van der Waals surface area contributed by atoms with Crippen LogP contribution in [0.5, 0.6) is 0 Å². The fraction of sp³-hybridized carbons (Fsp3) is 0.455. The smallest absolute Gasteiger partial charge is 0.224 e. The highest BCUT2D eigenvalue weighted by Crippen LogP contribution is 2.19. The van der Waals surface area contributed by atoms with Gasteiger partial charge >= 0.3 is 0 Å². The SMILES string of the molecule is CC(Br)CCNS(=O)(=O)c1cc(S(C)(=O)=O)ccc1F. The average Bonchev–Trinajstić information content (AvgIpc) is 2.26. The number of sulfonamides is 1. The first kappa shape index (κ1) is 17.5. The van der Waals surface area contributed by atoms with E-state index in [2.05, 4.69) is 20.7 Å². The Morgan fingerprint density at radius 2 is 1.90 bits per heavy atom. The predicted molar refractivity (Wildman–Crippen MR) is 77.7 cm³/mol. The van der Waals surface area contributed by atoms with Crippen molar-refractivity contribution >= 4 is 35.8 Å². The molecule has 114 valence electrons. The second-order valence-electron chi connectivity index (χ2n) is 4.33. The Labute approximate surface area is 126 Å². The third-order valence-corrected chi connectivity index (χ3v) is 5.50. The maximum Gasteiger partial charge on any atom is 0.243 e. The molecule has 5 nitrogen and oxygen atoms in total. The zero-order valence-corrected chi connectivity index (χ0v) is 14.1. The fourth-order valence-electron chi connectivity index (χ4n) is 1.39. The van der Waals surface area contributed by atoms with Crippen molar-refractivity contribution in [3.8, 4) is 0 Å². The summed E-state index contributed by atoms with van der Waals surface area (Å²) in [7, 11) is -7.68. The summed E-state index contributed by atoms with van der Waals surface area (Å²) in [6, 6.07) is 2.69. The summed E-state index contributed by atoms with van der Waals surface area (Å²) < 4.78 is 62.5. The van der Waals surface area contributed by atoms with Gasteiger partial charge in [0.1, 0.15) is 10.7 Å².